The Morgan fingerprint density at radius 2 is 1.77 bits per heavy atom. The summed E-state index contributed by atoms with van der Waals surface area (Å²) in [5, 5.41) is 11.6. The average molecular weight is 474 g/mol. The first-order valence-electron chi connectivity index (χ1n) is 12.2. The van der Waals surface area contributed by atoms with Crippen LogP contribution in [0.15, 0.2) is 54.6 Å². The van der Waals surface area contributed by atoms with Crippen molar-refractivity contribution in [2.24, 2.45) is 5.92 Å². The Labute approximate surface area is 205 Å². The van der Waals surface area contributed by atoms with E-state index in [-0.39, 0.29) is 29.9 Å². The lowest BCUT2D eigenvalue weighted by Gasteiger charge is -2.32. The lowest BCUT2D eigenvalue weighted by molar-refractivity contribution is -0.127. The summed E-state index contributed by atoms with van der Waals surface area (Å²) in [7, 11) is 0. The lowest BCUT2D eigenvalue weighted by atomic mass is 9.95. The highest BCUT2D eigenvalue weighted by molar-refractivity contribution is 5.93. The molecule has 0 unspecified atom stereocenters. The molecule has 2 amide bonds. The van der Waals surface area contributed by atoms with Gasteiger partial charge in [-0.15, -0.1) is 5.10 Å². The van der Waals surface area contributed by atoms with Crippen molar-refractivity contribution in [2.75, 3.05) is 13.1 Å². The van der Waals surface area contributed by atoms with Crippen LogP contribution in [-0.4, -0.2) is 44.8 Å². The van der Waals surface area contributed by atoms with E-state index in [1.165, 1.54) is 5.56 Å². The number of nitrogens with one attached hydrogen (secondary N) is 1. The molecule has 0 bridgehead atoms. The van der Waals surface area contributed by atoms with Crippen LogP contribution in [0.5, 0.6) is 0 Å². The first-order valence-corrected chi connectivity index (χ1v) is 12.2. The van der Waals surface area contributed by atoms with Gasteiger partial charge in [-0.1, -0.05) is 65.4 Å². The number of carbonyl (C=O) groups excluding carboxylic acids is 2. The van der Waals surface area contributed by atoms with E-state index in [9.17, 15) is 9.59 Å². The fourth-order valence-corrected chi connectivity index (χ4v) is 4.81. The molecule has 182 valence electrons. The van der Waals surface area contributed by atoms with E-state index < -0.39 is 0 Å². The van der Waals surface area contributed by atoms with Gasteiger partial charge >= 0.3 is 0 Å². The number of hydrogen-bond donors (Lipinski definition) is 1. The maximum absolute atomic E-state index is 13.2. The molecule has 0 saturated carbocycles. The Morgan fingerprint density at radius 1 is 1.06 bits per heavy atom. The number of piperidine rings is 1. The summed E-state index contributed by atoms with van der Waals surface area (Å²) in [4.78, 5) is 27.8. The number of likely N-dealkylation sites (tertiary alicyclic amines) is 1. The van der Waals surface area contributed by atoms with Crippen molar-refractivity contribution in [3.8, 4) is 0 Å². The molecule has 1 fully saturated rings. The predicted molar refractivity (Wildman–Crippen MR) is 130 cm³/mol. The van der Waals surface area contributed by atoms with Gasteiger partial charge < -0.3 is 15.0 Å². The number of fused-ring (bicyclic) bond motifs is 1. The first-order chi connectivity index (χ1) is 17.0. The van der Waals surface area contributed by atoms with Crippen molar-refractivity contribution in [3.63, 3.8) is 0 Å². The summed E-state index contributed by atoms with van der Waals surface area (Å²) in [6.07, 6.45) is 1.16. The third-order valence-electron chi connectivity index (χ3n) is 7.06. The third-order valence-corrected chi connectivity index (χ3v) is 7.06. The quantitative estimate of drug-likeness (QED) is 0.612. The third kappa shape index (κ3) is 4.98. The van der Waals surface area contributed by atoms with E-state index in [2.05, 4.69) is 46.8 Å². The number of aryl methyl sites for hydroxylation is 1. The van der Waals surface area contributed by atoms with E-state index in [4.69, 9.17) is 4.74 Å². The summed E-state index contributed by atoms with van der Waals surface area (Å²) in [5.74, 6) is -0.192. The number of aromatic nitrogens is 3. The second-order valence-electron chi connectivity index (χ2n) is 9.48. The molecular weight excluding hydrogens is 442 g/mol. The Hall–Kier alpha value is -3.52. The molecule has 3 aromatic rings. The zero-order chi connectivity index (χ0) is 24.4. The van der Waals surface area contributed by atoms with Crippen LogP contribution >= 0.6 is 0 Å². The normalized spacial score (nSPS) is 19.1. The van der Waals surface area contributed by atoms with Crippen LogP contribution in [0.1, 0.15) is 64.8 Å². The average Bonchev–Trinajstić information content (AvgIpc) is 3.32. The van der Waals surface area contributed by atoms with Gasteiger partial charge in [-0.3, -0.25) is 9.59 Å². The van der Waals surface area contributed by atoms with Crippen molar-refractivity contribution in [1.29, 1.82) is 0 Å². The molecular formula is C27H31N5O3. The maximum Gasteiger partial charge on any atom is 0.276 e. The number of ether oxygens (including phenoxy) is 1. The van der Waals surface area contributed by atoms with Crippen molar-refractivity contribution in [3.05, 3.63) is 82.7 Å². The molecule has 2 atom stereocenters. The van der Waals surface area contributed by atoms with Crippen molar-refractivity contribution in [2.45, 2.75) is 52.0 Å². The number of rotatable bonds is 5. The molecule has 1 aromatic heterocycles. The molecule has 8 heteroatoms. The molecule has 2 aromatic carbocycles. The zero-order valence-electron chi connectivity index (χ0n) is 20.2. The van der Waals surface area contributed by atoms with Gasteiger partial charge in [0.2, 0.25) is 5.91 Å². The maximum atomic E-state index is 13.2. The van der Waals surface area contributed by atoms with Gasteiger partial charge in [0.1, 0.15) is 6.10 Å². The van der Waals surface area contributed by atoms with E-state index in [0.29, 0.717) is 44.8 Å². The van der Waals surface area contributed by atoms with E-state index in [1.54, 1.807) is 9.58 Å². The number of amides is 2. The van der Waals surface area contributed by atoms with Crippen molar-refractivity contribution < 1.29 is 14.3 Å². The molecule has 8 nitrogen and oxygen atoms in total. The van der Waals surface area contributed by atoms with Crippen LogP contribution in [0.3, 0.4) is 0 Å². The Bertz CT molecular complexity index is 1180. The minimum absolute atomic E-state index is 0.0461. The number of benzene rings is 2. The Balaban J connectivity index is 1.17. The van der Waals surface area contributed by atoms with Gasteiger partial charge in [-0.25, -0.2) is 4.68 Å². The fourth-order valence-electron chi connectivity index (χ4n) is 4.81. The number of carbonyl (C=O) groups is 2. The Kier molecular flexibility index (Phi) is 6.63. The smallest absolute Gasteiger partial charge is 0.276 e. The van der Waals surface area contributed by atoms with Gasteiger partial charge in [-0.05, 0) is 37.8 Å². The summed E-state index contributed by atoms with van der Waals surface area (Å²) < 4.78 is 7.85. The molecule has 3 heterocycles. The lowest BCUT2D eigenvalue weighted by Crippen LogP contribution is -2.43. The standard InChI is InChI=1S/C27H31N5O3/c1-18-8-10-21(11-9-18)24-16-32-23(17-35-24)25(29-30-32)27(34)31-14-12-22(13-15-31)26(33)28-19(2)20-6-4-3-5-7-20/h3-11,19,22,24H,12-17H2,1-2H3,(H,28,33)/t19-,24-/m1/s1. The molecule has 0 spiro atoms. The van der Waals surface area contributed by atoms with Gasteiger partial charge in [0.05, 0.1) is 24.9 Å². The number of hydrogen-bond acceptors (Lipinski definition) is 5. The van der Waals surface area contributed by atoms with Gasteiger partial charge in [0, 0.05) is 19.0 Å². The first kappa shape index (κ1) is 23.2. The van der Waals surface area contributed by atoms with E-state index in [0.717, 1.165) is 16.8 Å². The molecule has 35 heavy (non-hydrogen) atoms. The minimum atomic E-state index is -0.139. The summed E-state index contributed by atoms with van der Waals surface area (Å²) in [6, 6.07) is 18.1. The van der Waals surface area contributed by atoms with Crippen LogP contribution in [-0.2, 0) is 22.7 Å². The molecule has 0 radical (unpaired) electrons. The van der Waals surface area contributed by atoms with Crippen LogP contribution in [0.25, 0.3) is 0 Å². The predicted octanol–water partition coefficient (Wildman–Crippen LogP) is 3.59. The van der Waals surface area contributed by atoms with Crippen LogP contribution < -0.4 is 5.32 Å². The van der Waals surface area contributed by atoms with Crippen LogP contribution in [0.4, 0.5) is 0 Å². The molecule has 1 N–H and O–H groups in total. The molecule has 5 rings (SSSR count). The van der Waals surface area contributed by atoms with E-state index in [1.807, 2.05) is 37.3 Å². The monoisotopic (exact) mass is 473 g/mol. The van der Waals surface area contributed by atoms with Gasteiger partial charge in [-0.2, -0.15) is 0 Å². The molecule has 2 aliphatic rings. The summed E-state index contributed by atoms with van der Waals surface area (Å²) in [6.45, 7) is 5.92. The number of nitrogens with zero attached hydrogens (tertiary/aromatic N) is 4. The topological polar surface area (TPSA) is 89.4 Å². The van der Waals surface area contributed by atoms with Crippen LogP contribution in [0, 0.1) is 12.8 Å². The summed E-state index contributed by atoms with van der Waals surface area (Å²) in [5.41, 5.74) is 4.44. The second kappa shape index (κ2) is 10.00. The Morgan fingerprint density at radius 3 is 2.49 bits per heavy atom. The summed E-state index contributed by atoms with van der Waals surface area (Å²) >= 11 is 0. The van der Waals surface area contributed by atoms with Gasteiger partial charge in [0.25, 0.3) is 5.91 Å². The SMILES string of the molecule is Cc1ccc([C@H]2Cn3nnc(C(=O)N4CCC(C(=O)N[C@H](C)c5ccccc5)CC4)c3CO2)cc1. The molecule has 0 aliphatic carbocycles. The minimum Gasteiger partial charge on any atom is -0.365 e. The largest absolute Gasteiger partial charge is 0.365 e. The fraction of sp³-hybridized carbons (Fsp3) is 0.407. The van der Waals surface area contributed by atoms with Crippen molar-refractivity contribution >= 4 is 11.8 Å². The highest BCUT2D eigenvalue weighted by atomic mass is 16.5. The highest BCUT2D eigenvalue weighted by Crippen LogP contribution is 2.28. The second-order valence-corrected chi connectivity index (χ2v) is 9.48. The van der Waals surface area contributed by atoms with Crippen LogP contribution in [0.2, 0.25) is 0 Å². The van der Waals surface area contributed by atoms with Gasteiger partial charge in [0.15, 0.2) is 5.69 Å². The molecule has 1 saturated heterocycles. The molecule has 2 aliphatic heterocycles. The van der Waals surface area contributed by atoms with Crippen molar-refractivity contribution in [1.82, 2.24) is 25.2 Å². The zero-order valence-corrected chi connectivity index (χ0v) is 20.2. The highest BCUT2D eigenvalue weighted by Gasteiger charge is 2.33. The van der Waals surface area contributed by atoms with E-state index >= 15 is 0 Å².